The van der Waals surface area contributed by atoms with Crippen LogP contribution in [0.4, 0.5) is 0 Å². The minimum absolute atomic E-state index is 0.0635. The number of fused-ring (bicyclic) bond motifs is 3. The fourth-order valence-electron chi connectivity index (χ4n) is 8.72. The molecule has 196 valence electrons. The van der Waals surface area contributed by atoms with Gasteiger partial charge in [-0.2, -0.15) is 0 Å². The Labute approximate surface area is 205 Å². The summed E-state index contributed by atoms with van der Waals surface area (Å²) >= 11 is 0. The SMILES string of the molecule is C=C1C(=O)[C@@]23CC[C@H]4[C@@](C)(CCC[C@@]4(C)C(=O)O[C@H]4O[C@@H](CO)[C@H](O)[C@@H](O)[C@@H]4O)[C@@H]2C[C@@H](O)[C@@H]1C3. The average molecular weight is 495 g/mol. The molecule has 2 bridgehead atoms. The first-order chi connectivity index (χ1) is 16.4. The van der Waals surface area contributed by atoms with Gasteiger partial charge in [-0.15, -0.1) is 0 Å². The molecule has 1 saturated heterocycles. The van der Waals surface area contributed by atoms with Crippen LogP contribution < -0.4 is 0 Å². The van der Waals surface area contributed by atoms with Crippen molar-refractivity contribution in [1.29, 1.82) is 0 Å². The number of aliphatic hydroxyl groups excluding tert-OH is 5. The van der Waals surface area contributed by atoms with E-state index in [1.165, 1.54) is 0 Å². The lowest BCUT2D eigenvalue weighted by molar-refractivity contribution is -0.298. The molecule has 0 aromatic heterocycles. The molecule has 0 aromatic carbocycles. The van der Waals surface area contributed by atoms with E-state index in [9.17, 15) is 35.1 Å². The van der Waals surface area contributed by atoms with Crippen molar-refractivity contribution in [3.05, 3.63) is 12.2 Å². The first kappa shape index (κ1) is 25.3. The third-order valence-corrected chi connectivity index (χ3v) is 10.6. The van der Waals surface area contributed by atoms with E-state index in [0.717, 1.165) is 12.8 Å². The smallest absolute Gasteiger partial charge is 0.314 e. The molecule has 12 atom stereocenters. The normalized spacial score (nSPS) is 53.6. The summed E-state index contributed by atoms with van der Waals surface area (Å²) in [5.41, 5.74) is -1.27. The van der Waals surface area contributed by atoms with E-state index < -0.39 is 60.2 Å². The van der Waals surface area contributed by atoms with Crippen LogP contribution in [0.2, 0.25) is 0 Å². The van der Waals surface area contributed by atoms with Gasteiger partial charge in [0.1, 0.15) is 24.4 Å². The Hall–Kier alpha value is -1.36. The fraction of sp³-hybridized carbons (Fsp3) is 0.846. The zero-order valence-corrected chi connectivity index (χ0v) is 20.4. The van der Waals surface area contributed by atoms with E-state index in [-0.39, 0.29) is 29.0 Å². The zero-order chi connectivity index (χ0) is 25.5. The molecule has 5 fully saturated rings. The van der Waals surface area contributed by atoms with Gasteiger partial charge in [0.2, 0.25) is 6.29 Å². The number of hydrogen-bond acceptors (Lipinski definition) is 9. The van der Waals surface area contributed by atoms with Crippen LogP contribution >= 0.6 is 0 Å². The third-order valence-electron chi connectivity index (χ3n) is 10.6. The lowest BCUT2D eigenvalue weighted by atomic mass is 9.40. The lowest BCUT2D eigenvalue weighted by Gasteiger charge is -2.63. The van der Waals surface area contributed by atoms with E-state index in [2.05, 4.69) is 13.5 Å². The van der Waals surface area contributed by atoms with Crippen LogP contribution in [0.3, 0.4) is 0 Å². The largest absolute Gasteiger partial charge is 0.432 e. The van der Waals surface area contributed by atoms with E-state index in [1.54, 1.807) is 0 Å². The van der Waals surface area contributed by atoms with Gasteiger partial charge in [-0.1, -0.05) is 19.9 Å². The maximum absolute atomic E-state index is 13.7. The molecule has 0 radical (unpaired) electrons. The maximum Gasteiger partial charge on any atom is 0.314 e. The summed E-state index contributed by atoms with van der Waals surface area (Å²) in [7, 11) is 0. The van der Waals surface area contributed by atoms with E-state index in [4.69, 9.17) is 9.47 Å². The second-order valence-electron chi connectivity index (χ2n) is 12.1. The Balaban J connectivity index is 1.42. The highest BCUT2D eigenvalue weighted by Crippen LogP contribution is 2.71. The van der Waals surface area contributed by atoms with Gasteiger partial charge in [0.05, 0.1) is 18.1 Å². The van der Waals surface area contributed by atoms with Crippen LogP contribution in [0.15, 0.2) is 12.2 Å². The second-order valence-corrected chi connectivity index (χ2v) is 12.1. The van der Waals surface area contributed by atoms with Gasteiger partial charge >= 0.3 is 5.97 Å². The predicted octanol–water partition coefficient (Wildman–Crippen LogP) is 0.448. The number of rotatable bonds is 3. The maximum atomic E-state index is 13.7. The molecule has 9 heteroatoms. The van der Waals surface area contributed by atoms with Crippen molar-refractivity contribution < 1.29 is 44.6 Å². The number of Topliss-reactive ketones (excluding diaryl/α,β-unsaturated/α-hetero) is 1. The summed E-state index contributed by atoms with van der Waals surface area (Å²) in [6.45, 7) is 7.41. The molecule has 4 saturated carbocycles. The topological polar surface area (TPSA) is 154 Å². The highest BCUT2D eigenvalue weighted by Gasteiger charge is 2.69. The number of hydrogen-bond donors (Lipinski definition) is 5. The molecule has 5 N–H and O–H groups in total. The van der Waals surface area contributed by atoms with Crippen molar-refractivity contribution in [3.63, 3.8) is 0 Å². The van der Waals surface area contributed by atoms with Crippen molar-refractivity contribution in [1.82, 2.24) is 0 Å². The summed E-state index contributed by atoms with van der Waals surface area (Å²) in [5, 5.41) is 50.9. The highest BCUT2D eigenvalue weighted by molar-refractivity contribution is 6.03. The van der Waals surface area contributed by atoms with Crippen LogP contribution in [0.1, 0.15) is 58.8 Å². The molecule has 4 aliphatic carbocycles. The predicted molar refractivity (Wildman–Crippen MR) is 121 cm³/mol. The average Bonchev–Trinajstić information content (AvgIpc) is 3.03. The third kappa shape index (κ3) is 3.35. The molecular weight excluding hydrogens is 456 g/mol. The second kappa shape index (κ2) is 8.33. The van der Waals surface area contributed by atoms with Crippen LogP contribution in [0.25, 0.3) is 0 Å². The molecular formula is C26H38O9. The first-order valence-electron chi connectivity index (χ1n) is 12.8. The van der Waals surface area contributed by atoms with Crippen molar-refractivity contribution in [2.75, 3.05) is 6.61 Å². The molecule has 0 amide bonds. The molecule has 1 spiro atoms. The van der Waals surface area contributed by atoms with Crippen molar-refractivity contribution >= 4 is 11.8 Å². The molecule has 5 aliphatic rings. The minimum atomic E-state index is -1.66. The Morgan fingerprint density at radius 1 is 1.09 bits per heavy atom. The molecule has 35 heavy (non-hydrogen) atoms. The van der Waals surface area contributed by atoms with Crippen LogP contribution in [0, 0.1) is 34.0 Å². The molecule has 1 aliphatic heterocycles. The Kier molecular flexibility index (Phi) is 6.02. The number of carbonyl (C=O) groups excluding carboxylic acids is 2. The number of aliphatic hydroxyl groups is 5. The van der Waals surface area contributed by atoms with E-state index in [0.29, 0.717) is 37.7 Å². The molecule has 1 heterocycles. The van der Waals surface area contributed by atoms with Crippen molar-refractivity contribution in [2.24, 2.45) is 34.0 Å². The van der Waals surface area contributed by atoms with Gasteiger partial charge in [0.15, 0.2) is 5.78 Å². The van der Waals surface area contributed by atoms with Gasteiger partial charge in [0.25, 0.3) is 0 Å². The lowest BCUT2D eigenvalue weighted by Crippen LogP contribution is -2.62. The summed E-state index contributed by atoms with van der Waals surface area (Å²) in [5.74, 6) is -0.830. The summed E-state index contributed by atoms with van der Waals surface area (Å²) in [6.07, 6.45) is -3.52. The van der Waals surface area contributed by atoms with Crippen molar-refractivity contribution in [2.45, 2.75) is 95.6 Å². The van der Waals surface area contributed by atoms with Gasteiger partial charge in [0, 0.05) is 11.3 Å². The summed E-state index contributed by atoms with van der Waals surface area (Å²) in [4.78, 5) is 27.1. The molecule has 0 aromatic rings. The zero-order valence-electron chi connectivity index (χ0n) is 20.4. The standard InChI is InChI=1S/C26H38O9/c1-12-13-10-26(21(12)32)8-5-16-24(2,17(26)9-14(13)28)6-4-7-25(16,3)23(33)35-22-20(31)19(30)18(29)15(11-27)34-22/h13-20,22,27-31H,1,4-11H2,2-3H3/t13-,14-,15+,16+,17+,18+,19-,20+,22-,24-,25-,26-/m1/s1. The van der Waals surface area contributed by atoms with Gasteiger partial charge in [-0.25, -0.2) is 0 Å². The first-order valence-corrected chi connectivity index (χ1v) is 12.8. The Bertz CT molecular complexity index is 918. The number of carbonyl (C=O) groups is 2. The van der Waals surface area contributed by atoms with Crippen LogP contribution in [-0.2, 0) is 19.1 Å². The van der Waals surface area contributed by atoms with Crippen molar-refractivity contribution in [3.8, 4) is 0 Å². The number of ketones is 1. The molecule has 9 nitrogen and oxygen atoms in total. The summed E-state index contributed by atoms with van der Waals surface area (Å²) < 4.78 is 11.0. The number of ether oxygens (including phenoxy) is 2. The minimum Gasteiger partial charge on any atom is -0.432 e. The van der Waals surface area contributed by atoms with Gasteiger partial charge in [-0.05, 0) is 68.3 Å². The van der Waals surface area contributed by atoms with Gasteiger partial charge < -0.3 is 35.0 Å². The quantitative estimate of drug-likeness (QED) is 0.278. The number of esters is 1. The monoisotopic (exact) mass is 494 g/mol. The van der Waals surface area contributed by atoms with Crippen LogP contribution in [0.5, 0.6) is 0 Å². The van der Waals surface area contributed by atoms with Gasteiger partial charge in [-0.3, -0.25) is 9.59 Å². The Morgan fingerprint density at radius 3 is 2.49 bits per heavy atom. The molecule has 0 unspecified atom stereocenters. The Morgan fingerprint density at radius 2 is 1.80 bits per heavy atom. The van der Waals surface area contributed by atoms with Crippen LogP contribution in [-0.4, -0.2) is 80.7 Å². The fourth-order valence-corrected chi connectivity index (χ4v) is 8.72. The summed E-state index contributed by atoms with van der Waals surface area (Å²) in [6, 6.07) is 0. The highest BCUT2D eigenvalue weighted by atomic mass is 16.7. The molecule has 5 rings (SSSR count). The van der Waals surface area contributed by atoms with E-state index >= 15 is 0 Å². The van der Waals surface area contributed by atoms with E-state index in [1.807, 2.05) is 6.92 Å².